The molecule has 1 amide bonds. The molecule has 0 spiro atoms. The second kappa shape index (κ2) is 4.18. The summed E-state index contributed by atoms with van der Waals surface area (Å²) in [6.07, 6.45) is -4.76. The van der Waals surface area contributed by atoms with Crippen LogP contribution in [0.3, 0.4) is 0 Å². The Kier molecular flexibility index (Phi) is 2.79. The van der Waals surface area contributed by atoms with Crippen LogP contribution in [0.4, 0.5) is 17.6 Å². The van der Waals surface area contributed by atoms with Crippen molar-refractivity contribution in [1.82, 2.24) is 4.90 Å². The molecule has 3 nitrogen and oxygen atoms in total. The van der Waals surface area contributed by atoms with Gasteiger partial charge in [-0.3, -0.25) is 4.79 Å². The number of benzene rings is 1. The van der Waals surface area contributed by atoms with Crippen molar-refractivity contribution in [2.45, 2.75) is 12.2 Å². The molecule has 2 atom stereocenters. The van der Waals surface area contributed by atoms with Gasteiger partial charge in [0, 0.05) is 19.1 Å². The van der Waals surface area contributed by atoms with E-state index in [-0.39, 0.29) is 17.9 Å². The molecule has 1 saturated carbocycles. The molecule has 2 aliphatic rings. The Morgan fingerprint density at radius 2 is 1.85 bits per heavy atom. The summed E-state index contributed by atoms with van der Waals surface area (Å²) in [4.78, 5) is 13.5. The molecule has 2 fully saturated rings. The zero-order valence-electron chi connectivity index (χ0n) is 10.3. The van der Waals surface area contributed by atoms with E-state index in [1.165, 1.54) is 4.90 Å². The zero-order chi connectivity index (χ0) is 14.7. The number of nitrogens with zero attached hydrogens (tertiary/aromatic N) is 1. The molecule has 0 aromatic heterocycles. The molecule has 20 heavy (non-hydrogen) atoms. The van der Waals surface area contributed by atoms with Crippen molar-refractivity contribution in [3.05, 3.63) is 35.1 Å². The number of amides is 1. The van der Waals surface area contributed by atoms with Crippen LogP contribution >= 0.6 is 0 Å². The Labute approximate surface area is 112 Å². The van der Waals surface area contributed by atoms with Gasteiger partial charge in [0.05, 0.1) is 11.1 Å². The minimum atomic E-state index is -4.76. The Balaban J connectivity index is 1.88. The first-order valence-electron chi connectivity index (χ1n) is 6.20. The number of halogens is 4. The van der Waals surface area contributed by atoms with E-state index in [1.807, 2.05) is 0 Å². The monoisotopic (exact) mass is 288 g/mol. The molecule has 2 unspecified atom stereocenters. The van der Waals surface area contributed by atoms with Gasteiger partial charge in [0.2, 0.25) is 0 Å². The lowest BCUT2D eigenvalue weighted by atomic mass is 10.1. The molecule has 1 saturated heterocycles. The summed E-state index contributed by atoms with van der Waals surface area (Å²) in [5.74, 6) is -1.35. The van der Waals surface area contributed by atoms with E-state index in [2.05, 4.69) is 0 Å². The van der Waals surface area contributed by atoms with E-state index in [9.17, 15) is 22.4 Å². The Hall–Kier alpha value is -1.63. The summed E-state index contributed by atoms with van der Waals surface area (Å²) in [7, 11) is 0. The lowest BCUT2D eigenvalue weighted by molar-refractivity contribution is -0.138. The third-order valence-electron chi connectivity index (χ3n) is 4.06. The minimum Gasteiger partial charge on any atom is -0.338 e. The fourth-order valence-corrected chi connectivity index (χ4v) is 2.85. The van der Waals surface area contributed by atoms with Gasteiger partial charge in [-0.1, -0.05) is 0 Å². The second-order valence-electron chi connectivity index (χ2n) is 5.30. The molecule has 1 aromatic carbocycles. The van der Waals surface area contributed by atoms with E-state index < -0.39 is 29.0 Å². The summed E-state index contributed by atoms with van der Waals surface area (Å²) < 4.78 is 51.6. The lowest BCUT2D eigenvalue weighted by Gasteiger charge is -2.21. The van der Waals surface area contributed by atoms with Gasteiger partial charge < -0.3 is 10.6 Å². The molecule has 2 N–H and O–H groups in total. The molecule has 7 heteroatoms. The van der Waals surface area contributed by atoms with Gasteiger partial charge >= 0.3 is 6.18 Å². The Morgan fingerprint density at radius 3 is 2.40 bits per heavy atom. The lowest BCUT2D eigenvalue weighted by Crippen LogP contribution is -2.35. The van der Waals surface area contributed by atoms with Crippen LogP contribution < -0.4 is 5.73 Å². The quantitative estimate of drug-likeness (QED) is 0.802. The molecule has 1 aromatic rings. The number of fused-ring (bicyclic) bond motifs is 1. The van der Waals surface area contributed by atoms with Crippen molar-refractivity contribution in [2.24, 2.45) is 17.6 Å². The fraction of sp³-hybridized carbons (Fsp3) is 0.462. The van der Waals surface area contributed by atoms with E-state index >= 15 is 0 Å². The second-order valence-corrected chi connectivity index (χ2v) is 5.30. The number of hydrogen-bond donors (Lipinski definition) is 1. The largest absolute Gasteiger partial charge is 0.417 e. The number of hydrogen-bond acceptors (Lipinski definition) is 2. The van der Waals surface area contributed by atoms with Crippen LogP contribution in [0.2, 0.25) is 0 Å². The van der Waals surface area contributed by atoms with Crippen LogP contribution in [0.25, 0.3) is 0 Å². The molecule has 3 rings (SSSR count). The van der Waals surface area contributed by atoms with E-state index in [1.54, 1.807) is 0 Å². The van der Waals surface area contributed by atoms with Gasteiger partial charge in [0.15, 0.2) is 0 Å². The maximum atomic E-state index is 13.0. The van der Waals surface area contributed by atoms with E-state index in [0.717, 1.165) is 12.1 Å². The highest BCUT2D eigenvalue weighted by atomic mass is 19.4. The van der Waals surface area contributed by atoms with Crippen LogP contribution in [0.15, 0.2) is 18.2 Å². The SMILES string of the molecule is NC1C2CN(C(=O)c3ccc(F)cc3C(F)(F)F)CC12. The first kappa shape index (κ1) is 13.4. The van der Waals surface area contributed by atoms with Crippen molar-refractivity contribution in [3.63, 3.8) is 0 Å². The Bertz CT molecular complexity index is 560. The van der Waals surface area contributed by atoms with Crippen molar-refractivity contribution in [3.8, 4) is 0 Å². The highest BCUT2D eigenvalue weighted by molar-refractivity contribution is 5.96. The smallest absolute Gasteiger partial charge is 0.338 e. The predicted molar refractivity (Wildman–Crippen MR) is 62.3 cm³/mol. The number of rotatable bonds is 1. The van der Waals surface area contributed by atoms with Crippen molar-refractivity contribution < 1.29 is 22.4 Å². The van der Waals surface area contributed by atoms with Crippen molar-refractivity contribution in [1.29, 1.82) is 0 Å². The van der Waals surface area contributed by atoms with Crippen LogP contribution in [-0.2, 0) is 6.18 Å². The van der Waals surface area contributed by atoms with E-state index in [4.69, 9.17) is 5.73 Å². The maximum Gasteiger partial charge on any atom is 0.417 e. The fourth-order valence-electron chi connectivity index (χ4n) is 2.85. The van der Waals surface area contributed by atoms with Crippen LogP contribution in [0.1, 0.15) is 15.9 Å². The molecule has 1 aliphatic carbocycles. The molecule has 0 bridgehead atoms. The van der Waals surface area contributed by atoms with Crippen LogP contribution in [0, 0.1) is 17.7 Å². The highest BCUT2D eigenvalue weighted by Crippen LogP contribution is 2.44. The maximum absolute atomic E-state index is 13.0. The number of carbonyl (C=O) groups is 1. The minimum absolute atomic E-state index is 0.0503. The number of nitrogens with two attached hydrogens (primary N) is 1. The van der Waals surface area contributed by atoms with Gasteiger partial charge in [-0.05, 0) is 30.0 Å². The van der Waals surface area contributed by atoms with Gasteiger partial charge in [-0.25, -0.2) is 4.39 Å². The summed E-state index contributed by atoms with van der Waals surface area (Å²) >= 11 is 0. The first-order chi connectivity index (χ1) is 9.29. The average molecular weight is 288 g/mol. The number of alkyl halides is 3. The molecular formula is C13H12F4N2O. The standard InChI is InChI=1S/C13H12F4N2O/c14-6-1-2-7(10(3-6)13(15,16)17)12(20)19-4-8-9(5-19)11(8)18/h1-3,8-9,11H,4-5,18H2. The van der Waals surface area contributed by atoms with Gasteiger partial charge in [0.1, 0.15) is 5.82 Å². The van der Waals surface area contributed by atoms with Gasteiger partial charge in [-0.15, -0.1) is 0 Å². The molecule has 108 valence electrons. The third kappa shape index (κ3) is 2.06. The number of carbonyl (C=O) groups excluding carboxylic acids is 1. The molecular weight excluding hydrogens is 276 g/mol. The summed E-state index contributed by atoms with van der Waals surface area (Å²) in [6, 6.07) is 2.17. The predicted octanol–water partition coefficient (Wildman–Crippen LogP) is 1.87. The molecule has 1 heterocycles. The number of piperidine rings is 1. The number of likely N-dealkylation sites (tertiary alicyclic amines) is 1. The average Bonchev–Trinajstić information content (AvgIpc) is 2.80. The van der Waals surface area contributed by atoms with Crippen LogP contribution in [-0.4, -0.2) is 29.9 Å². The van der Waals surface area contributed by atoms with Gasteiger partial charge in [0.25, 0.3) is 5.91 Å². The molecule has 1 aliphatic heterocycles. The van der Waals surface area contributed by atoms with Crippen LogP contribution in [0.5, 0.6) is 0 Å². The first-order valence-corrected chi connectivity index (χ1v) is 6.20. The van der Waals surface area contributed by atoms with Gasteiger partial charge in [-0.2, -0.15) is 13.2 Å². The Morgan fingerprint density at radius 1 is 1.25 bits per heavy atom. The highest BCUT2D eigenvalue weighted by Gasteiger charge is 2.55. The van der Waals surface area contributed by atoms with Crippen molar-refractivity contribution >= 4 is 5.91 Å². The summed E-state index contributed by atoms with van der Waals surface area (Å²) in [5.41, 5.74) is 3.99. The normalized spacial score (nSPS) is 28.4. The summed E-state index contributed by atoms with van der Waals surface area (Å²) in [5, 5.41) is 0. The van der Waals surface area contributed by atoms with E-state index in [0.29, 0.717) is 19.2 Å². The third-order valence-corrected chi connectivity index (χ3v) is 4.06. The zero-order valence-corrected chi connectivity index (χ0v) is 10.3. The molecule has 0 radical (unpaired) electrons. The topological polar surface area (TPSA) is 46.3 Å². The summed E-state index contributed by atoms with van der Waals surface area (Å²) in [6.45, 7) is 0.749. The van der Waals surface area contributed by atoms with Crippen molar-refractivity contribution in [2.75, 3.05) is 13.1 Å².